The highest BCUT2D eigenvalue weighted by Crippen LogP contribution is 2.25. The summed E-state index contributed by atoms with van der Waals surface area (Å²) < 4.78 is 1.65. The van der Waals surface area contributed by atoms with Crippen molar-refractivity contribution in [1.82, 2.24) is 19.6 Å². The summed E-state index contributed by atoms with van der Waals surface area (Å²) in [5, 5.41) is 5.38. The molecule has 5 nitrogen and oxygen atoms in total. The summed E-state index contributed by atoms with van der Waals surface area (Å²) in [6.45, 7) is 2.71. The number of benzene rings is 1. The monoisotopic (exact) mass is 394 g/mol. The van der Waals surface area contributed by atoms with E-state index in [-0.39, 0.29) is 5.91 Å². The predicted molar refractivity (Wildman–Crippen MR) is 105 cm³/mol. The zero-order valence-corrected chi connectivity index (χ0v) is 16.7. The molecule has 0 spiro atoms. The first-order valence-corrected chi connectivity index (χ1v) is 9.64. The minimum absolute atomic E-state index is 0.00475. The van der Waals surface area contributed by atoms with Gasteiger partial charge in [-0.05, 0) is 70.1 Å². The average molecular weight is 395 g/mol. The fourth-order valence-electron chi connectivity index (χ4n) is 3.24. The van der Waals surface area contributed by atoms with Gasteiger partial charge in [-0.3, -0.25) is 4.79 Å². The van der Waals surface area contributed by atoms with Crippen molar-refractivity contribution in [2.75, 3.05) is 33.7 Å². The highest BCUT2D eigenvalue weighted by Gasteiger charge is 2.25. The maximum absolute atomic E-state index is 12.7. The largest absolute Gasteiger partial charge is 0.337 e. The fraction of sp³-hybridized carbons (Fsp3) is 0.474. The third kappa shape index (κ3) is 4.58. The van der Waals surface area contributed by atoms with E-state index in [1.165, 1.54) is 6.42 Å². The van der Waals surface area contributed by atoms with Crippen molar-refractivity contribution in [3.8, 4) is 5.69 Å². The van der Waals surface area contributed by atoms with E-state index < -0.39 is 0 Å². The van der Waals surface area contributed by atoms with Crippen LogP contribution in [0.4, 0.5) is 0 Å². The Kier molecular flexibility index (Phi) is 6.22. The van der Waals surface area contributed by atoms with Gasteiger partial charge in [0, 0.05) is 19.3 Å². The van der Waals surface area contributed by atoms with Gasteiger partial charge in [0.15, 0.2) is 5.69 Å². The minimum atomic E-state index is -0.00475. The number of rotatable bonds is 5. The Labute approximate surface area is 164 Å². The standard InChI is InChI=1S/C19H24Cl2N4O/c1-23(2)9-5-14-6-10-24(11-7-14)19(26)18-8-12-25(22-18)15-3-4-16(20)17(21)13-15/h3-4,8,12-14H,5-7,9-11H2,1-2H3. The van der Waals surface area contributed by atoms with Gasteiger partial charge in [0.1, 0.15) is 0 Å². The summed E-state index contributed by atoms with van der Waals surface area (Å²) in [6.07, 6.45) is 5.10. The van der Waals surface area contributed by atoms with E-state index in [1.807, 2.05) is 11.0 Å². The van der Waals surface area contributed by atoms with Crippen LogP contribution in [0.3, 0.4) is 0 Å². The third-order valence-corrected chi connectivity index (χ3v) is 5.60. The van der Waals surface area contributed by atoms with Crippen LogP contribution in [-0.4, -0.2) is 59.2 Å². The van der Waals surface area contributed by atoms with Gasteiger partial charge in [-0.1, -0.05) is 23.2 Å². The summed E-state index contributed by atoms with van der Waals surface area (Å²) in [5.41, 5.74) is 1.24. The maximum atomic E-state index is 12.7. The van der Waals surface area contributed by atoms with Crippen molar-refractivity contribution in [3.63, 3.8) is 0 Å². The van der Waals surface area contributed by atoms with Crippen molar-refractivity contribution < 1.29 is 4.79 Å². The van der Waals surface area contributed by atoms with Crippen molar-refractivity contribution in [2.45, 2.75) is 19.3 Å². The molecule has 1 aliphatic heterocycles. The summed E-state index contributed by atoms with van der Waals surface area (Å²) in [5.74, 6) is 0.699. The fourth-order valence-corrected chi connectivity index (χ4v) is 3.53. The first-order chi connectivity index (χ1) is 12.4. The van der Waals surface area contributed by atoms with E-state index in [0.717, 1.165) is 38.2 Å². The molecule has 0 bridgehead atoms. The van der Waals surface area contributed by atoms with Crippen LogP contribution in [-0.2, 0) is 0 Å². The highest BCUT2D eigenvalue weighted by molar-refractivity contribution is 6.42. The Morgan fingerprint density at radius 2 is 1.92 bits per heavy atom. The van der Waals surface area contributed by atoms with Crippen molar-refractivity contribution >= 4 is 29.1 Å². The first kappa shape index (κ1) is 19.2. The topological polar surface area (TPSA) is 41.4 Å². The number of hydrogen-bond donors (Lipinski definition) is 0. The Hall–Kier alpha value is -1.56. The van der Waals surface area contributed by atoms with Crippen LogP contribution in [0.5, 0.6) is 0 Å². The Bertz CT molecular complexity index is 767. The van der Waals surface area contributed by atoms with Gasteiger partial charge in [-0.25, -0.2) is 4.68 Å². The van der Waals surface area contributed by atoms with E-state index in [2.05, 4.69) is 24.1 Å². The van der Waals surface area contributed by atoms with E-state index >= 15 is 0 Å². The normalized spacial score (nSPS) is 15.7. The number of aromatic nitrogens is 2. The number of likely N-dealkylation sites (tertiary alicyclic amines) is 1. The van der Waals surface area contributed by atoms with Gasteiger partial charge in [0.25, 0.3) is 5.91 Å². The molecule has 140 valence electrons. The first-order valence-electron chi connectivity index (χ1n) is 8.89. The molecule has 1 aliphatic rings. The minimum Gasteiger partial charge on any atom is -0.337 e. The van der Waals surface area contributed by atoms with Crippen molar-refractivity contribution in [3.05, 3.63) is 46.2 Å². The van der Waals surface area contributed by atoms with Crippen LogP contribution in [0.25, 0.3) is 5.69 Å². The highest BCUT2D eigenvalue weighted by atomic mass is 35.5. The van der Waals surface area contributed by atoms with Gasteiger partial charge < -0.3 is 9.80 Å². The second-order valence-electron chi connectivity index (χ2n) is 7.07. The zero-order valence-electron chi connectivity index (χ0n) is 15.2. The van der Waals surface area contributed by atoms with Crippen LogP contribution in [0.2, 0.25) is 10.0 Å². The van der Waals surface area contributed by atoms with Crippen LogP contribution in [0.15, 0.2) is 30.5 Å². The van der Waals surface area contributed by atoms with Gasteiger partial charge in [0.2, 0.25) is 0 Å². The molecular weight excluding hydrogens is 371 g/mol. The number of piperidine rings is 1. The Morgan fingerprint density at radius 1 is 1.19 bits per heavy atom. The molecule has 0 aliphatic carbocycles. The summed E-state index contributed by atoms with van der Waals surface area (Å²) in [6, 6.07) is 7.04. The van der Waals surface area contributed by atoms with Crippen molar-refractivity contribution in [2.24, 2.45) is 5.92 Å². The molecule has 1 aromatic heterocycles. The molecule has 0 N–H and O–H groups in total. The van der Waals surface area contributed by atoms with Crippen LogP contribution >= 0.6 is 23.2 Å². The Morgan fingerprint density at radius 3 is 2.58 bits per heavy atom. The summed E-state index contributed by atoms with van der Waals surface area (Å²) in [4.78, 5) is 16.9. The van der Waals surface area contributed by atoms with Gasteiger partial charge in [-0.15, -0.1) is 0 Å². The number of halogens is 2. The van der Waals surface area contributed by atoms with Gasteiger partial charge in [-0.2, -0.15) is 5.10 Å². The lowest BCUT2D eigenvalue weighted by Crippen LogP contribution is -2.39. The van der Waals surface area contributed by atoms with Crippen LogP contribution in [0, 0.1) is 5.92 Å². The molecule has 0 unspecified atom stereocenters. The van der Waals surface area contributed by atoms with Gasteiger partial charge in [0.05, 0.1) is 15.7 Å². The van der Waals surface area contributed by atoms with Crippen LogP contribution < -0.4 is 0 Å². The van der Waals surface area contributed by atoms with E-state index in [1.54, 1.807) is 29.1 Å². The van der Waals surface area contributed by atoms with Gasteiger partial charge >= 0.3 is 0 Å². The zero-order chi connectivity index (χ0) is 18.7. The lowest BCUT2D eigenvalue weighted by Gasteiger charge is -2.32. The van der Waals surface area contributed by atoms with E-state index in [0.29, 0.717) is 21.7 Å². The third-order valence-electron chi connectivity index (χ3n) is 4.86. The molecule has 1 saturated heterocycles. The molecule has 0 radical (unpaired) electrons. The van der Waals surface area contributed by atoms with Crippen LogP contribution in [0.1, 0.15) is 29.8 Å². The molecule has 2 heterocycles. The molecular formula is C19H24Cl2N4O. The lowest BCUT2D eigenvalue weighted by molar-refractivity contribution is 0.0677. The molecule has 1 fully saturated rings. The average Bonchev–Trinajstić information content (AvgIpc) is 3.12. The Balaban J connectivity index is 1.61. The number of nitrogens with zero attached hydrogens (tertiary/aromatic N) is 4. The van der Waals surface area contributed by atoms with E-state index in [9.17, 15) is 4.79 Å². The SMILES string of the molecule is CN(C)CCC1CCN(C(=O)c2ccn(-c3ccc(Cl)c(Cl)c3)n2)CC1. The number of amides is 1. The molecule has 2 aromatic rings. The summed E-state index contributed by atoms with van der Waals surface area (Å²) >= 11 is 12.0. The lowest BCUT2D eigenvalue weighted by atomic mass is 9.93. The van der Waals surface area contributed by atoms with Crippen molar-refractivity contribution in [1.29, 1.82) is 0 Å². The molecule has 1 aromatic carbocycles. The summed E-state index contributed by atoms with van der Waals surface area (Å²) in [7, 11) is 4.20. The molecule has 0 atom stereocenters. The number of hydrogen-bond acceptors (Lipinski definition) is 3. The molecule has 26 heavy (non-hydrogen) atoms. The second-order valence-corrected chi connectivity index (χ2v) is 7.89. The molecule has 1 amide bonds. The predicted octanol–water partition coefficient (Wildman–Crippen LogP) is 3.98. The molecule has 7 heteroatoms. The quantitative estimate of drug-likeness (QED) is 0.769. The maximum Gasteiger partial charge on any atom is 0.274 e. The number of carbonyl (C=O) groups is 1. The smallest absolute Gasteiger partial charge is 0.274 e. The van der Waals surface area contributed by atoms with E-state index in [4.69, 9.17) is 23.2 Å². The molecule has 0 saturated carbocycles. The second kappa shape index (κ2) is 8.42. The number of carbonyl (C=O) groups excluding carboxylic acids is 1. The molecule has 3 rings (SSSR count).